The highest BCUT2D eigenvalue weighted by atomic mass is 16.1. The van der Waals surface area contributed by atoms with Crippen LogP contribution in [-0.2, 0) is 0 Å². The molecule has 0 amide bonds. The fraction of sp³-hybridized carbons (Fsp3) is 0.333. The molecule has 0 N–H and O–H groups in total. The first-order valence-corrected chi connectivity index (χ1v) is 8.34. The normalized spacial score (nSPS) is 17.6. The van der Waals surface area contributed by atoms with E-state index in [1.165, 1.54) is 0 Å². The van der Waals surface area contributed by atoms with Gasteiger partial charge in [0.05, 0.1) is 23.4 Å². The maximum absolute atomic E-state index is 12.7. The summed E-state index contributed by atoms with van der Waals surface area (Å²) in [6.07, 6.45) is 7.30. The molecule has 4 rings (SSSR count). The van der Waals surface area contributed by atoms with Crippen molar-refractivity contribution in [2.45, 2.75) is 25.8 Å². The first kappa shape index (κ1) is 15.4. The molecule has 126 valence electrons. The quantitative estimate of drug-likeness (QED) is 0.715. The monoisotopic (exact) mass is 334 g/mol. The van der Waals surface area contributed by atoms with Gasteiger partial charge in [-0.05, 0) is 31.9 Å². The van der Waals surface area contributed by atoms with E-state index in [1.54, 1.807) is 23.7 Å². The second-order valence-corrected chi connectivity index (χ2v) is 6.33. The zero-order valence-corrected chi connectivity index (χ0v) is 14.0. The predicted molar refractivity (Wildman–Crippen MR) is 93.6 cm³/mol. The van der Waals surface area contributed by atoms with E-state index in [9.17, 15) is 4.79 Å². The lowest BCUT2D eigenvalue weighted by Gasteiger charge is -2.33. The van der Waals surface area contributed by atoms with E-state index in [1.807, 2.05) is 35.0 Å². The summed E-state index contributed by atoms with van der Waals surface area (Å²) in [4.78, 5) is 23.5. The highest BCUT2D eigenvalue weighted by Gasteiger charge is 2.24. The standard InChI is InChI=1S/C18H18N6O/c1-13-16(9-19)20-10-17(21-13)22-7-4-6-14(11-22)24-12-15-5-2-3-8-23(15)18(24)25/h2-3,5,8,10,12,14H,4,6-7,11H2,1H3. The number of nitrogens with zero attached hydrogens (tertiary/aromatic N) is 6. The van der Waals surface area contributed by atoms with Crippen LogP contribution in [0.15, 0.2) is 41.6 Å². The van der Waals surface area contributed by atoms with Crippen molar-refractivity contribution in [1.82, 2.24) is 18.9 Å². The maximum Gasteiger partial charge on any atom is 0.333 e. The second kappa shape index (κ2) is 6.06. The third-order valence-electron chi connectivity index (χ3n) is 4.74. The summed E-state index contributed by atoms with van der Waals surface area (Å²) in [6, 6.07) is 7.87. The second-order valence-electron chi connectivity index (χ2n) is 6.33. The van der Waals surface area contributed by atoms with Crippen molar-refractivity contribution in [2.24, 2.45) is 0 Å². The molecular weight excluding hydrogens is 316 g/mol. The van der Waals surface area contributed by atoms with Gasteiger partial charge in [-0.15, -0.1) is 0 Å². The lowest BCUT2D eigenvalue weighted by molar-refractivity contribution is 0.394. The van der Waals surface area contributed by atoms with Gasteiger partial charge in [0.15, 0.2) is 5.69 Å². The van der Waals surface area contributed by atoms with Gasteiger partial charge in [-0.1, -0.05) is 6.07 Å². The topological polar surface area (TPSA) is 79.2 Å². The number of hydrogen-bond donors (Lipinski definition) is 0. The minimum atomic E-state index is -0.00968. The molecule has 0 saturated carbocycles. The van der Waals surface area contributed by atoms with Gasteiger partial charge >= 0.3 is 5.69 Å². The van der Waals surface area contributed by atoms with Crippen molar-refractivity contribution in [3.8, 4) is 6.07 Å². The Morgan fingerprint density at radius 1 is 1.36 bits per heavy atom. The summed E-state index contributed by atoms with van der Waals surface area (Å²) >= 11 is 0. The van der Waals surface area contributed by atoms with E-state index in [-0.39, 0.29) is 11.7 Å². The number of nitriles is 1. The number of rotatable bonds is 2. The average Bonchev–Trinajstić information content (AvgIpc) is 2.99. The Hall–Kier alpha value is -3.14. The Morgan fingerprint density at radius 3 is 3.00 bits per heavy atom. The number of aromatic nitrogens is 4. The zero-order chi connectivity index (χ0) is 17.4. The first-order chi connectivity index (χ1) is 12.2. The molecule has 3 aromatic rings. The summed E-state index contributed by atoms with van der Waals surface area (Å²) in [5, 5.41) is 9.00. The van der Waals surface area contributed by atoms with Crippen LogP contribution >= 0.6 is 0 Å². The minimum absolute atomic E-state index is 0.00968. The number of anilines is 1. The maximum atomic E-state index is 12.7. The number of piperidine rings is 1. The number of aryl methyl sites for hydroxylation is 1. The third-order valence-corrected chi connectivity index (χ3v) is 4.74. The average molecular weight is 334 g/mol. The van der Waals surface area contributed by atoms with E-state index in [2.05, 4.69) is 14.9 Å². The van der Waals surface area contributed by atoms with Gasteiger partial charge in [-0.3, -0.25) is 8.97 Å². The number of pyridine rings is 1. The SMILES string of the molecule is Cc1nc(N2CCCC(n3cc4ccccn4c3=O)C2)cnc1C#N. The number of fused-ring (bicyclic) bond motifs is 1. The first-order valence-electron chi connectivity index (χ1n) is 8.34. The van der Waals surface area contributed by atoms with Crippen LogP contribution in [0.2, 0.25) is 0 Å². The molecule has 7 heteroatoms. The Balaban J connectivity index is 1.64. The summed E-state index contributed by atoms with van der Waals surface area (Å²) in [7, 11) is 0. The van der Waals surface area contributed by atoms with Crippen LogP contribution in [0.1, 0.15) is 30.3 Å². The van der Waals surface area contributed by atoms with E-state index in [4.69, 9.17) is 5.26 Å². The molecule has 1 saturated heterocycles. The molecule has 0 spiro atoms. The van der Waals surface area contributed by atoms with Crippen molar-refractivity contribution < 1.29 is 0 Å². The molecule has 1 atom stereocenters. The summed E-state index contributed by atoms with van der Waals surface area (Å²) in [5.41, 5.74) is 1.88. The van der Waals surface area contributed by atoms with Crippen molar-refractivity contribution >= 4 is 11.3 Å². The molecule has 1 aliphatic rings. The zero-order valence-electron chi connectivity index (χ0n) is 14.0. The van der Waals surface area contributed by atoms with Gasteiger partial charge < -0.3 is 4.90 Å². The molecule has 0 bridgehead atoms. The van der Waals surface area contributed by atoms with E-state index >= 15 is 0 Å². The summed E-state index contributed by atoms with van der Waals surface area (Å²) in [5.74, 6) is 0.762. The largest absolute Gasteiger partial charge is 0.353 e. The molecule has 7 nitrogen and oxygen atoms in total. The van der Waals surface area contributed by atoms with Crippen LogP contribution in [0.25, 0.3) is 5.52 Å². The van der Waals surface area contributed by atoms with Gasteiger partial charge in [0.1, 0.15) is 11.9 Å². The smallest absolute Gasteiger partial charge is 0.333 e. The summed E-state index contributed by atoms with van der Waals surface area (Å²) < 4.78 is 3.50. The van der Waals surface area contributed by atoms with Crippen LogP contribution in [0.4, 0.5) is 5.82 Å². The van der Waals surface area contributed by atoms with Crippen LogP contribution in [-0.4, -0.2) is 32.0 Å². The Labute approximate surface area is 144 Å². The minimum Gasteiger partial charge on any atom is -0.353 e. The Kier molecular flexibility index (Phi) is 3.73. The number of imidazole rings is 1. The fourth-order valence-electron chi connectivity index (χ4n) is 3.44. The van der Waals surface area contributed by atoms with Gasteiger partial charge in [-0.2, -0.15) is 5.26 Å². The van der Waals surface area contributed by atoms with Gasteiger partial charge in [0.25, 0.3) is 0 Å². The molecular formula is C18H18N6O. The predicted octanol–water partition coefficient (Wildman–Crippen LogP) is 1.91. The van der Waals surface area contributed by atoms with E-state index in [0.29, 0.717) is 17.9 Å². The summed E-state index contributed by atoms with van der Waals surface area (Å²) in [6.45, 7) is 3.37. The molecule has 1 unspecified atom stereocenters. The fourth-order valence-corrected chi connectivity index (χ4v) is 3.44. The van der Waals surface area contributed by atoms with Gasteiger partial charge in [-0.25, -0.2) is 14.8 Å². The lowest BCUT2D eigenvalue weighted by atomic mass is 10.1. The van der Waals surface area contributed by atoms with Crippen LogP contribution in [0, 0.1) is 18.3 Å². The molecule has 3 aromatic heterocycles. The molecule has 4 heterocycles. The van der Waals surface area contributed by atoms with Crippen LogP contribution in [0.3, 0.4) is 0 Å². The highest BCUT2D eigenvalue weighted by molar-refractivity contribution is 5.45. The van der Waals surface area contributed by atoms with E-state index < -0.39 is 0 Å². The number of hydrogen-bond acceptors (Lipinski definition) is 5. The molecule has 1 fully saturated rings. The highest BCUT2D eigenvalue weighted by Crippen LogP contribution is 2.24. The van der Waals surface area contributed by atoms with Crippen molar-refractivity contribution in [3.05, 3.63) is 58.7 Å². The molecule has 1 aliphatic heterocycles. The van der Waals surface area contributed by atoms with Gasteiger partial charge in [0, 0.05) is 25.5 Å². The lowest BCUT2D eigenvalue weighted by Crippen LogP contribution is -2.40. The van der Waals surface area contributed by atoms with Crippen LogP contribution < -0.4 is 10.6 Å². The molecule has 0 radical (unpaired) electrons. The Morgan fingerprint density at radius 2 is 2.24 bits per heavy atom. The molecule has 0 aromatic carbocycles. The molecule has 25 heavy (non-hydrogen) atoms. The van der Waals surface area contributed by atoms with E-state index in [0.717, 1.165) is 30.7 Å². The van der Waals surface area contributed by atoms with Crippen molar-refractivity contribution in [1.29, 1.82) is 5.26 Å². The Bertz CT molecular complexity index is 1030. The third kappa shape index (κ3) is 2.66. The van der Waals surface area contributed by atoms with Crippen molar-refractivity contribution in [2.75, 3.05) is 18.0 Å². The van der Waals surface area contributed by atoms with Crippen molar-refractivity contribution in [3.63, 3.8) is 0 Å². The molecule has 0 aliphatic carbocycles. The van der Waals surface area contributed by atoms with Crippen LogP contribution in [0.5, 0.6) is 0 Å². The van der Waals surface area contributed by atoms with Gasteiger partial charge in [0.2, 0.25) is 0 Å².